The fraction of sp³-hybridized carbons (Fsp3) is 0.900. The molecule has 0 aliphatic heterocycles. The summed E-state index contributed by atoms with van der Waals surface area (Å²) in [6.45, 7) is 0. The molecule has 1 aliphatic carbocycles. The molecule has 0 aromatic carbocycles. The minimum atomic E-state index is -0.442. The average Bonchev–Trinajstić information content (AvgIpc) is 2.26. The monoisotopic (exact) mass is 216 g/mol. The Hall–Kier alpha value is -0.650. The molecule has 2 N–H and O–H groups in total. The van der Waals surface area contributed by atoms with Crippen molar-refractivity contribution in [3.8, 4) is 0 Å². The molecule has 1 fully saturated rings. The molecular weight excluding hydrogens is 196 g/mol. The van der Waals surface area contributed by atoms with Crippen LogP contribution in [0.1, 0.15) is 19.3 Å². The molecule has 0 heterocycles. The van der Waals surface area contributed by atoms with Crippen LogP contribution in [0.2, 0.25) is 0 Å². The summed E-state index contributed by atoms with van der Waals surface area (Å²) >= 11 is 0. The molecule has 3 atom stereocenters. The molecule has 1 amide bonds. The molecule has 1 aliphatic rings. The van der Waals surface area contributed by atoms with Crippen LogP contribution in [0.3, 0.4) is 0 Å². The predicted octanol–water partition coefficient (Wildman–Crippen LogP) is -0.245. The van der Waals surface area contributed by atoms with Crippen molar-refractivity contribution in [2.45, 2.75) is 31.4 Å². The van der Waals surface area contributed by atoms with Gasteiger partial charge in [0.2, 0.25) is 5.91 Å². The largest absolute Gasteiger partial charge is 0.391 e. The molecule has 0 aromatic rings. The maximum absolute atomic E-state index is 11.7. The van der Waals surface area contributed by atoms with Gasteiger partial charge in [0.25, 0.3) is 0 Å². The Morgan fingerprint density at radius 1 is 1.53 bits per heavy atom. The molecule has 88 valence electrons. The van der Waals surface area contributed by atoms with Crippen molar-refractivity contribution in [1.29, 1.82) is 0 Å². The lowest BCUT2D eigenvalue weighted by molar-refractivity contribution is -0.175. The molecule has 0 spiro atoms. The van der Waals surface area contributed by atoms with Gasteiger partial charge in [-0.3, -0.25) is 9.63 Å². The second kappa shape index (κ2) is 5.44. The number of nitrogens with one attached hydrogen (secondary N) is 1. The van der Waals surface area contributed by atoms with Crippen LogP contribution in [0.25, 0.3) is 0 Å². The van der Waals surface area contributed by atoms with E-state index in [4.69, 9.17) is 4.84 Å². The highest BCUT2D eigenvalue weighted by atomic mass is 16.7. The highest BCUT2D eigenvalue weighted by Crippen LogP contribution is 2.26. The summed E-state index contributed by atoms with van der Waals surface area (Å²) in [6, 6.07) is 0.113. The van der Waals surface area contributed by atoms with Crippen LogP contribution in [-0.4, -0.2) is 49.4 Å². The van der Waals surface area contributed by atoms with Gasteiger partial charge in [-0.2, -0.15) is 0 Å². The maximum Gasteiger partial charge on any atom is 0.249 e. The summed E-state index contributed by atoms with van der Waals surface area (Å²) < 4.78 is 0. The van der Waals surface area contributed by atoms with Crippen molar-refractivity contribution < 1.29 is 14.7 Å². The molecule has 3 unspecified atom stereocenters. The number of rotatable bonds is 3. The molecule has 5 nitrogen and oxygen atoms in total. The lowest BCUT2D eigenvalue weighted by Crippen LogP contribution is -2.46. The lowest BCUT2D eigenvalue weighted by atomic mass is 9.83. The number of carbonyl (C=O) groups excluding carboxylic acids is 1. The number of nitrogens with zero attached hydrogens (tertiary/aromatic N) is 1. The van der Waals surface area contributed by atoms with Crippen LogP contribution < -0.4 is 5.32 Å². The van der Waals surface area contributed by atoms with E-state index in [0.29, 0.717) is 6.42 Å². The summed E-state index contributed by atoms with van der Waals surface area (Å²) in [6.07, 6.45) is 1.70. The minimum absolute atomic E-state index is 0.0499. The van der Waals surface area contributed by atoms with E-state index in [-0.39, 0.29) is 17.9 Å². The molecule has 0 bridgehead atoms. The van der Waals surface area contributed by atoms with E-state index >= 15 is 0 Å². The van der Waals surface area contributed by atoms with Crippen molar-refractivity contribution in [2.75, 3.05) is 21.2 Å². The topological polar surface area (TPSA) is 61.8 Å². The van der Waals surface area contributed by atoms with E-state index in [0.717, 1.165) is 12.8 Å². The summed E-state index contributed by atoms with van der Waals surface area (Å²) in [4.78, 5) is 16.6. The van der Waals surface area contributed by atoms with Gasteiger partial charge in [-0.05, 0) is 26.3 Å². The van der Waals surface area contributed by atoms with E-state index in [1.807, 2.05) is 7.05 Å². The molecule has 1 saturated carbocycles. The van der Waals surface area contributed by atoms with Gasteiger partial charge in [0, 0.05) is 19.0 Å². The van der Waals surface area contributed by atoms with Gasteiger partial charge in [0.15, 0.2) is 0 Å². The molecule has 5 heteroatoms. The number of amides is 1. The van der Waals surface area contributed by atoms with Crippen LogP contribution in [0.5, 0.6) is 0 Å². The third-order valence-electron chi connectivity index (χ3n) is 3.12. The molecule has 0 radical (unpaired) electrons. The van der Waals surface area contributed by atoms with Gasteiger partial charge in [-0.15, -0.1) is 0 Å². The fourth-order valence-corrected chi connectivity index (χ4v) is 2.05. The van der Waals surface area contributed by atoms with Crippen molar-refractivity contribution in [2.24, 2.45) is 5.92 Å². The first-order chi connectivity index (χ1) is 7.10. The van der Waals surface area contributed by atoms with Gasteiger partial charge in [-0.25, -0.2) is 5.06 Å². The number of hydroxylamine groups is 2. The number of aliphatic hydroxyl groups excluding tert-OH is 1. The Kier molecular flexibility index (Phi) is 4.50. The number of hydrogen-bond acceptors (Lipinski definition) is 4. The molecule has 0 aromatic heterocycles. The lowest BCUT2D eigenvalue weighted by Gasteiger charge is -2.33. The number of carbonyl (C=O) groups is 1. The SMILES string of the molecule is CNC1CCC(C(=O)N(C)OC)CC1O. The first-order valence-electron chi connectivity index (χ1n) is 5.27. The Labute approximate surface area is 90.4 Å². The number of aliphatic hydroxyl groups is 1. The van der Waals surface area contributed by atoms with Gasteiger partial charge in [0.1, 0.15) is 0 Å². The minimum Gasteiger partial charge on any atom is -0.391 e. The second-order valence-corrected chi connectivity index (χ2v) is 3.99. The van der Waals surface area contributed by atoms with E-state index in [2.05, 4.69) is 5.32 Å². The van der Waals surface area contributed by atoms with Crippen LogP contribution in [0, 0.1) is 5.92 Å². The van der Waals surface area contributed by atoms with E-state index in [9.17, 15) is 9.90 Å². The van der Waals surface area contributed by atoms with Crippen molar-refractivity contribution >= 4 is 5.91 Å². The first-order valence-corrected chi connectivity index (χ1v) is 5.27. The van der Waals surface area contributed by atoms with Crippen molar-refractivity contribution in [1.82, 2.24) is 10.4 Å². The van der Waals surface area contributed by atoms with Crippen LogP contribution in [0.15, 0.2) is 0 Å². The second-order valence-electron chi connectivity index (χ2n) is 3.99. The van der Waals surface area contributed by atoms with Gasteiger partial charge < -0.3 is 10.4 Å². The third kappa shape index (κ3) is 2.90. The highest BCUT2D eigenvalue weighted by molar-refractivity contribution is 5.77. The predicted molar refractivity (Wildman–Crippen MR) is 56.0 cm³/mol. The Balaban J connectivity index is 2.50. The van der Waals surface area contributed by atoms with Gasteiger partial charge >= 0.3 is 0 Å². The normalized spacial score (nSPS) is 31.3. The Morgan fingerprint density at radius 2 is 2.20 bits per heavy atom. The maximum atomic E-state index is 11.7. The Bertz CT molecular complexity index is 223. The summed E-state index contributed by atoms with van der Waals surface area (Å²) in [5, 5.41) is 14.1. The molecular formula is C10H20N2O3. The first kappa shape index (κ1) is 12.4. The van der Waals surface area contributed by atoms with E-state index in [1.165, 1.54) is 12.2 Å². The zero-order chi connectivity index (χ0) is 11.4. The summed E-state index contributed by atoms with van der Waals surface area (Å²) in [7, 11) is 4.89. The zero-order valence-corrected chi connectivity index (χ0v) is 9.56. The third-order valence-corrected chi connectivity index (χ3v) is 3.12. The van der Waals surface area contributed by atoms with Gasteiger partial charge in [-0.1, -0.05) is 0 Å². The molecule has 1 rings (SSSR count). The fourth-order valence-electron chi connectivity index (χ4n) is 2.05. The number of likely N-dealkylation sites (N-methyl/N-ethyl adjacent to an activating group) is 1. The van der Waals surface area contributed by atoms with E-state index < -0.39 is 6.10 Å². The van der Waals surface area contributed by atoms with E-state index in [1.54, 1.807) is 7.05 Å². The van der Waals surface area contributed by atoms with Crippen LogP contribution >= 0.6 is 0 Å². The highest BCUT2D eigenvalue weighted by Gasteiger charge is 2.33. The zero-order valence-electron chi connectivity index (χ0n) is 9.56. The van der Waals surface area contributed by atoms with Crippen molar-refractivity contribution in [3.63, 3.8) is 0 Å². The smallest absolute Gasteiger partial charge is 0.249 e. The summed E-state index contributed by atoms with van der Waals surface area (Å²) in [5.74, 6) is -0.166. The quantitative estimate of drug-likeness (QED) is 0.639. The van der Waals surface area contributed by atoms with Gasteiger partial charge in [0.05, 0.1) is 13.2 Å². The molecule has 0 saturated heterocycles. The molecule has 15 heavy (non-hydrogen) atoms. The number of hydrogen-bond donors (Lipinski definition) is 2. The standard InChI is InChI=1S/C10H20N2O3/c1-11-8-5-4-7(6-9(8)13)10(14)12(2)15-3/h7-9,11,13H,4-6H2,1-3H3. The summed E-state index contributed by atoms with van der Waals surface area (Å²) in [5.41, 5.74) is 0. The average molecular weight is 216 g/mol. The van der Waals surface area contributed by atoms with Crippen LogP contribution in [-0.2, 0) is 9.63 Å². The Morgan fingerprint density at radius 3 is 2.67 bits per heavy atom. The van der Waals surface area contributed by atoms with Crippen LogP contribution in [0.4, 0.5) is 0 Å². The van der Waals surface area contributed by atoms with Crippen molar-refractivity contribution in [3.05, 3.63) is 0 Å².